The average Bonchev–Trinajstić information content (AvgIpc) is 2.53. The van der Waals surface area contributed by atoms with Crippen molar-refractivity contribution in [3.05, 3.63) is 52.5 Å². The lowest BCUT2D eigenvalue weighted by atomic mass is 10.1. The number of nitrogens with zero attached hydrogens (tertiary/aromatic N) is 1. The Kier molecular flexibility index (Phi) is 4.91. The minimum absolute atomic E-state index is 0.492. The topological polar surface area (TPSA) is 54.3 Å². The van der Waals surface area contributed by atoms with Crippen molar-refractivity contribution < 1.29 is 9.47 Å². The first-order valence-electron chi connectivity index (χ1n) is 6.32. The van der Waals surface area contributed by atoms with Crippen LogP contribution in [0.2, 0.25) is 5.02 Å². The Hall–Kier alpha value is -2.38. The summed E-state index contributed by atoms with van der Waals surface area (Å²) in [5.74, 6) is 1.21. The highest BCUT2D eigenvalue weighted by molar-refractivity contribution is 6.32. The van der Waals surface area contributed by atoms with Gasteiger partial charge in [0.15, 0.2) is 0 Å². The first-order valence-corrected chi connectivity index (χ1v) is 6.70. The summed E-state index contributed by atoms with van der Waals surface area (Å²) in [6.07, 6.45) is 0. The molecule has 0 saturated heterocycles. The van der Waals surface area contributed by atoms with E-state index >= 15 is 0 Å². The molecule has 0 spiro atoms. The van der Waals surface area contributed by atoms with Gasteiger partial charge < -0.3 is 14.8 Å². The molecular weight excluding hydrogens is 288 g/mol. The summed E-state index contributed by atoms with van der Waals surface area (Å²) in [4.78, 5) is 0. The second-order valence-electron chi connectivity index (χ2n) is 4.35. The van der Waals surface area contributed by atoms with Gasteiger partial charge in [-0.1, -0.05) is 23.7 Å². The van der Waals surface area contributed by atoms with Crippen molar-refractivity contribution >= 4 is 17.3 Å². The number of anilines is 1. The lowest BCUT2D eigenvalue weighted by Gasteiger charge is -2.14. The van der Waals surface area contributed by atoms with E-state index in [1.165, 1.54) is 0 Å². The molecule has 2 aromatic carbocycles. The van der Waals surface area contributed by atoms with E-state index in [-0.39, 0.29) is 0 Å². The first kappa shape index (κ1) is 15.0. The molecule has 5 heteroatoms. The van der Waals surface area contributed by atoms with Crippen LogP contribution < -0.4 is 14.8 Å². The van der Waals surface area contributed by atoms with Gasteiger partial charge in [0.1, 0.15) is 11.5 Å². The average molecular weight is 303 g/mol. The predicted molar refractivity (Wildman–Crippen MR) is 83.0 cm³/mol. The minimum Gasteiger partial charge on any atom is -0.495 e. The molecule has 2 aromatic rings. The number of ether oxygens (including phenoxy) is 2. The van der Waals surface area contributed by atoms with Gasteiger partial charge >= 0.3 is 0 Å². The Balaban J connectivity index is 2.20. The monoisotopic (exact) mass is 302 g/mol. The summed E-state index contributed by atoms with van der Waals surface area (Å²) in [6.45, 7) is 0.566. The minimum atomic E-state index is 0.492. The fraction of sp³-hybridized carbons (Fsp3) is 0.188. The van der Waals surface area contributed by atoms with Crippen LogP contribution >= 0.6 is 11.6 Å². The maximum atomic E-state index is 8.91. The number of benzene rings is 2. The first-order chi connectivity index (χ1) is 10.2. The summed E-state index contributed by atoms with van der Waals surface area (Å²) in [7, 11) is 3.15. The fourth-order valence-corrected chi connectivity index (χ4v) is 2.18. The van der Waals surface area contributed by atoms with Crippen molar-refractivity contribution in [1.29, 1.82) is 5.26 Å². The third-order valence-electron chi connectivity index (χ3n) is 3.01. The molecule has 108 valence electrons. The number of hydrogen-bond acceptors (Lipinski definition) is 4. The van der Waals surface area contributed by atoms with Gasteiger partial charge in [0.05, 0.1) is 36.6 Å². The molecule has 21 heavy (non-hydrogen) atoms. The fourth-order valence-electron chi connectivity index (χ4n) is 1.95. The van der Waals surface area contributed by atoms with Crippen LogP contribution in [0.15, 0.2) is 36.4 Å². The molecule has 2 rings (SSSR count). The lowest BCUT2D eigenvalue weighted by molar-refractivity contribution is 0.404. The van der Waals surface area contributed by atoms with Crippen molar-refractivity contribution in [2.24, 2.45) is 0 Å². The summed E-state index contributed by atoms with van der Waals surface area (Å²) >= 11 is 6.07. The second-order valence-corrected chi connectivity index (χ2v) is 4.76. The van der Waals surface area contributed by atoms with Gasteiger partial charge in [0, 0.05) is 18.7 Å². The molecule has 0 aromatic heterocycles. The van der Waals surface area contributed by atoms with E-state index < -0.39 is 0 Å². The molecule has 0 amide bonds. The Morgan fingerprint density at radius 2 is 1.90 bits per heavy atom. The largest absolute Gasteiger partial charge is 0.495 e. The lowest BCUT2D eigenvalue weighted by Crippen LogP contribution is -2.02. The molecular formula is C16H15ClN2O2. The van der Waals surface area contributed by atoms with Gasteiger partial charge in [0.25, 0.3) is 0 Å². The van der Waals surface area contributed by atoms with Gasteiger partial charge in [-0.25, -0.2) is 0 Å². The summed E-state index contributed by atoms with van der Waals surface area (Å²) in [5, 5.41) is 12.7. The van der Waals surface area contributed by atoms with Gasteiger partial charge in [-0.3, -0.25) is 0 Å². The summed E-state index contributed by atoms with van der Waals surface area (Å²) < 4.78 is 10.5. The van der Waals surface area contributed by atoms with Gasteiger partial charge in [-0.05, 0) is 17.7 Å². The van der Waals surface area contributed by atoms with Crippen LogP contribution in [0.4, 0.5) is 5.69 Å². The van der Waals surface area contributed by atoms with Crippen LogP contribution in [0.3, 0.4) is 0 Å². The molecule has 0 unspecified atom stereocenters. The zero-order valence-corrected chi connectivity index (χ0v) is 12.6. The normalized spacial score (nSPS) is 9.81. The molecule has 0 aliphatic rings. The highest BCUT2D eigenvalue weighted by Crippen LogP contribution is 2.36. The van der Waals surface area contributed by atoms with Gasteiger partial charge in [-0.15, -0.1) is 0 Å². The van der Waals surface area contributed by atoms with Crippen molar-refractivity contribution in [2.45, 2.75) is 6.54 Å². The molecule has 4 nitrogen and oxygen atoms in total. The standard InChI is InChI=1S/C16H15ClN2O2/c1-20-15-8-14(16(21-2)7-13(15)17)19-10-12-5-3-4-11(6-12)9-18/h3-8,19H,10H2,1-2H3. The quantitative estimate of drug-likeness (QED) is 0.911. The van der Waals surface area contributed by atoms with Gasteiger partial charge in [-0.2, -0.15) is 5.26 Å². The van der Waals surface area contributed by atoms with Crippen molar-refractivity contribution in [1.82, 2.24) is 0 Å². The van der Waals surface area contributed by atoms with Crippen LogP contribution in [0, 0.1) is 11.3 Å². The zero-order valence-electron chi connectivity index (χ0n) is 11.8. The number of halogens is 1. The van der Waals surface area contributed by atoms with Crippen LogP contribution in [-0.4, -0.2) is 14.2 Å². The van der Waals surface area contributed by atoms with Crippen LogP contribution in [-0.2, 0) is 6.54 Å². The van der Waals surface area contributed by atoms with E-state index in [0.29, 0.717) is 28.6 Å². The number of rotatable bonds is 5. The third-order valence-corrected chi connectivity index (χ3v) is 3.31. The maximum Gasteiger partial charge on any atom is 0.143 e. The molecule has 0 heterocycles. The molecule has 0 fully saturated rings. The molecule has 0 aliphatic carbocycles. The summed E-state index contributed by atoms with van der Waals surface area (Å²) in [5.41, 5.74) is 2.42. The molecule has 0 aliphatic heterocycles. The molecule has 0 atom stereocenters. The van der Waals surface area contributed by atoms with Crippen molar-refractivity contribution in [2.75, 3.05) is 19.5 Å². The van der Waals surface area contributed by atoms with E-state index in [2.05, 4.69) is 11.4 Å². The smallest absolute Gasteiger partial charge is 0.143 e. The third kappa shape index (κ3) is 3.59. The zero-order chi connectivity index (χ0) is 15.2. The van der Waals surface area contributed by atoms with Gasteiger partial charge in [0.2, 0.25) is 0 Å². The summed E-state index contributed by atoms with van der Waals surface area (Å²) in [6, 6.07) is 13.0. The van der Waals surface area contributed by atoms with E-state index in [4.69, 9.17) is 26.3 Å². The molecule has 0 bridgehead atoms. The van der Waals surface area contributed by atoms with E-state index in [1.54, 1.807) is 32.4 Å². The van der Waals surface area contributed by atoms with Crippen LogP contribution in [0.25, 0.3) is 0 Å². The number of nitrogens with one attached hydrogen (secondary N) is 1. The number of hydrogen-bond donors (Lipinski definition) is 1. The van der Waals surface area contributed by atoms with Crippen LogP contribution in [0.5, 0.6) is 11.5 Å². The Bertz CT molecular complexity index is 680. The highest BCUT2D eigenvalue weighted by atomic mass is 35.5. The highest BCUT2D eigenvalue weighted by Gasteiger charge is 2.09. The van der Waals surface area contributed by atoms with Crippen LogP contribution in [0.1, 0.15) is 11.1 Å². The Morgan fingerprint density at radius 1 is 1.14 bits per heavy atom. The van der Waals surface area contributed by atoms with E-state index in [0.717, 1.165) is 11.3 Å². The maximum absolute atomic E-state index is 8.91. The van der Waals surface area contributed by atoms with Crippen molar-refractivity contribution in [3.63, 3.8) is 0 Å². The van der Waals surface area contributed by atoms with E-state index in [1.807, 2.05) is 18.2 Å². The molecule has 0 radical (unpaired) electrons. The SMILES string of the molecule is COc1cc(NCc2cccc(C#N)c2)c(OC)cc1Cl. The van der Waals surface area contributed by atoms with E-state index in [9.17, 15) is 0 Å². The van der Waals surface area contributed by atoms with Crippen molar-refractivity contribution in [3.8, 4) is 17.6 Å². The number of methoxy groups -OCH3 is 2. The molecule has 1 N–H and O–H groups in total. The number of nitriles is 1. The Labute approximate surface area is 128 Å². The Morgan fingerprint density at radius 3 is 2.57 bits per heavy atom. The predicted octanol–water partition coefficient (Wildman–Crippen LogP) is 3.84. The second kappa shape index (κ2) is 6.87. The molecule has 0 saturated carbocycles.